The normalized spacial score (nSPS) is 12.0. The first-order valence-electron chi connectivity index (χ1n) is 6.23. The third-order valence-electron chi connectivity index (χ3n) is 2.91. The Bertz CT molecular complexity index is 991. The number of ether oxygens (including phenoxy) is 1. The number of anilines is 1. The number of hydrogen-bond donors (Lipinski definition) is 2. The molecule has 0 amide bonds. The van der Waals surface area contributed by atoms with Gasteiger partial charge in [-0.1, -0.05) is 0 Å². The molecular formula is C13H12F2N2O5S2. The lowest BCUT2D eigenvalue weighted by molar-refractivity contribution is 0.403. The number of halogens is 2. The van der Waals surface area contributed by atoms with Gasteiger partial charge in [0.05, 0.1) is 12.8 Å². The van der Waals surface area contributed by atoms with Crippen molar-refractivity contribution in [2.75, 3.05) is 11.8 Å². The van der Waals surface area contributed by atoms with Crippen LogP contribution in [0.5, 0.6) is 5.75 Å². The second kappa shape index (κ2) is 6.34. The maximum absolute atomic E-state index is 13.6. The Labute approximate surface area is 137 Å². The summed E-state index contributed by atoms with van der Waals surface area (Å²) in [4.78, 5) is -1.25. The number of hydrogen-bond acceptors (Lipinski definition) is 5. The molecule has 130 valence electrons. The van der Waals surface area contributed by atoms with Crippen molar-refractivity contribution in [2.24, 2.45) is 5.14 Å². The lowest BCUT2D eigenvalue weighted by Crippen LogP contribution is -2.17. The molecule has 0 saturated heterocycles. The Morgan fingerprint density at radius 2 is 1.67 bits per heavy atom. The first kappa shape index (κ1) is 18.1. The molecule has 11 heteroatoms. The van der Waals surface area contributed by atoms with Gasteiger partial charge in [0.2, 0.25) is 10.0 Å². The fourth-order valence-electron chi connectivity index (χ4n) is 1.87. The number of methoxy groups -OCH3 is 1. The number of benzene rings is 2. The van der Waals surface area contributed by atoms with Gasteiger partial charge in [0.1, 0.15) is 27.2 Å². The molecule has 0 aliphatic carbocycles. The van der Waals surface area contributed by atoms with E-state index < -0.39 is 41.5 Å². The molecule has 2 aromatic carbocycles. The summed E-state index contributed by atoms with van der Waals surface area (Å²) in [6.45, 7) is 0. The van der Waals surface area contributed by atoms with Crippen LogP contribution in [-0.2, 0) is 20.0 Å². The monoisotopic (exact) mass is 378 g/mol. The van der Waals surface area contributed by atoms with Crippen molar-refractivity contribution < 1.29 is 30.4 Å². The molecule has 24 heavy (non-hydrogen) atoms. The molecule has 0 radical (unpaired) electrons. The van der Waals surface area contributed by atoms with Gasteiger partial charge in [0, 0.05) is 6.07 Å². The highest BCUT2D eigenvalue weighted by Gasteiger charge is 2.22. The SMILES string of the molecule is COc1ccc(NS(=O)(=O)c2ccc(F)cc2F)cc1S(N)(=O)=O. The maximum Gasteiger partial charge on any atom is 0.264 e. The molecule has 0 bridgehead atoms. The predicted octanol–water partition coefficient (Wildman–Crippen LogP) is 1.42. The molecule has 3 N–H and O–H groups in total. The summed E-state index contributed by atoms with van der Waals surface area (Å²) in [7, 11) is -7.39. The minimum Gasteiger partial charge on any atom is -0.495 e. The van der Waals surface area contributed by atoms with Gasteiger partial charge < -0.3 is 4.74 Å². The lowest BCUT2D eigenvalue weighted by atomic mass is 10.3. The van der Waals surface area contributed by atoms with Gasteiger partial charge in [-0.2, -0.15) is 0 Å². The van der Waals surface area contributed by atoms with E-state index in [2.05, 4.69) is 0 Å². The van der Waals surface area contributed by atoms with Crippen molar-refractivity contribution in [3.8, 4) is 5.75 Å². The van der Waals surface area contributed by atoms with Crippen LogP contribution in [0, 0.1) is 11.6 Å². The van der Waals surface area contributed by atoms with E-state index in [0.717, 1.165) is 18.2 Å². The smallest absolute Gasteiger partial charge is 0.264 e. The second-order valence-electron chi connectivity index (χ2n) is 4.59. The molecule has 0 heterocycles. The van der Waals surface area contributed by atoms with E-state index in [1.54, 1.807) is 0 Å². The number of rotatable bonds is 5. The first-order valence-corrected chi connectivity index (χ1v) is 9.26. The average molecular weight is 378 g/mol. The van der Waals surface area contributed by atoms with E-state index in [4.69, 9.17) is 9.88 Å². The third kappa shape index (κ3) is 3.80. The summed E-state index contributed by atoms with van der Waals surface area (Å²) in [6.07, 6.45) is 0. The molecule has 2 rings (SSSR count). The Hall–Kier alpha value is -2.24. The van der Waals surface area contributed by atoms with Crippen molar-refractivity contribution in [1.82, 2.24) is 0 Å². The van der Waals surface area contributed by atoms with Gasteiger partial charge in [0.25, 0.3) is 10.0 Å². The van der Waals surface area contributed by atoms with E-state index in [9.17, 15) is 25.6 Å². The highest BCUT2D eigenvalue weighted by molar-refractivity contribution is 7.92. The van der Waals surface area contributed by atoms with Crippen LogP contribution in [0.2, 0.25) is 0 Å². The van der Waals surface area contributed by atoms with Crippen molar-refractivity contribution in [3.63, 3.8) is 0 Å². The molecule has 0 spiro atoms. The summed E-state index contributed by atoms with van der Waals surface area (Å²) in [5, 5.41) is 5.03. The van der Waals surface area contributed by atoms with E-state index in [1.165, 1.54) is 19.2 Å². The zero-order valence-corrected chi connectivity index (χ0v) is 13.8. The van der Waals surface area contributed by atoms with E-state index in [-0.39, 0.29) is 11.4 Å². The molecule has 2 aromatic rings. The van der Waals surface area contributed by atoms with Crippen LogP contribution in [0.4, 0.5) is 14.5 Å². The Morgan fingerprint density at radius 1 is 1.00 bits per heavy atom. The molecule has 0 aromatic heterocycles. The minimum absolute atomic E-state index is 0.0894. The van der Waals surface area contributed by atoms with Gasteiger partial charge >= 0.3 is 0 Å². The fourth-order valence-corrected chi connectivity index (χ4v) is 3.70. The molecule has 0 fully saturated rings. The number of nitrogens with one attached hydrogen (secondary N) is 1. The number of sulfonamides is 2. The zero-order chi connectivity index (χ0) is 18.1. The van der Waals surface area contributed by atoms with Crippen LogP contribution < -0.4 is 14.6 Å². The zero-order valence-electron chi connectivity index (χ0n) is 12.2. The number of nitrogens with two attached hydrogens (primary N) is 1. The van der Waals surface area contributed by atoms with E-state index >= 15 is 0 Å². The van der Waals surface area contributed by atoms with Crippen LogP contribution in [0.25, 0.3) is 0 Å². The Balaban J connectivity index is 2.47. The average Bonchev–Trinajstić information content (AvgIpc) is 2.45. The van der Waals surface area contributed by atoms with Crippen molar-refractivity contribution >= 4 is 25.7 Å². The van der Waals surface area contributed by atoms with E-state index in [0.29, 0.717) is 6.07 Å². The van der Waals surface area contributed by atoms with Crippen molar-refractivity contribution in [1.29, 1.82) is 0 Å². The molecule has 7 nitrogen and oxygen atoms in total. The molecule has 0 unspecified atom stereocenters. The fraction of sp³-hybridized carbons (Fsp3) is 0.0769. The minimum atomic E-state index is -4.41. The van der Waals surface area contributed by atoms with Gasteiger partial charge in [-0.25, -0.2) is 30.8 Å². The quantitative estimate of drug-likeness (QED) is 0.816. The maximum atomic E-state index is 13.6. The summed E-state index contributed by atoms with van der Waals surface area (Å²) in [5.41, 5.74) is -0.191. The highest BCUT2D eigenvalue weighted by atomic mass is 32.2. The Kier molecular flexibility index (Phi) is 4.78. The standard InChI is InChI=1S/C13H12F2N2O5S2/c1-22-11-4-3-9(7-13(11)23(16,18)19)17-24(20,21)12-5-2-8(14)6-10(12)15/h2-7,17H,1H3,(H2,16,18,19). The van der Waals surface area contributed by atoms with Crippen LogP contribution in [0.3, 0.4) is 0 Å². The van der Waals surface area contributed by atoms with Crippen LogP contribution in [-0.4, -0.2) is 23.9 Å². The van der Waals surface area contributed by atoms with Crippen molar-refractivity contribution in [2.45, 2.75) is 9.79 Å². The van der Waals surface area contributed by atoms with E-state index in [1.807, 2.05) is 4.72 Å². The summed E-state index contributed by atoms with van der Waals surface area (Å²) in [5.74, 6) is -2.32. The largest absolute Gasteiger partial charge is 0.495 e. The summed E-state index contributed by atoms with van der Waals surface area (Å²) in [6, 6.07) is 5.25. The molecule has 0 atom stereocenters. The topological polar surface area (TPSA) is 116 Å². The Morgan fingerprint density at radius 3 is 2.21 bits per heavy atom. The first-order chi connectivity index (χ1) is 11.0. The van der Waals surface area contributed by atoms with Crippen LogP contribution in [0.15, 0.2) is 46.2 Å². The van der Waals surface area contributed by atoms with Gasteiger partial charge in [-0.05, 0) is 30.3 Å². The van der Waals surface area contributed by atoms with Gasteiger partial charge in [0.15, 0.2) is 0 Å². The predicted molar refractivity (Wildman–Crippen MR) is 81.5 cm³/mol. The third-order valence-corrected chi connectivity index (χ3v) is 5.25. The highest BCUT2D eigenvalue weighted by Crippen LogP contribution is 2.28. The van der Waals surface area contributed by atoms with Crippen molar-refractivity contribution in [3.05, 3.63) is 48.0 Å². The lowest BCUT2D eigenvalue weighted by Gasteiger charge is -2.12. The molecule has 0 saturated carbocycles. The van der Waals surface area contributed by atoms with Gasteiger partial charge in [-0.3, -0.25) is 4.72 Å². The summed E-state index contributed by atoms with van der Waals surface area (Å²) >= 11 is 0. The number of primary sulfonamides is 1. The molecular weight excluding hydrogens is 366 g/mol. The van der Waals surface area contributed by atoms with Crippen LogP contribution >= 0.6 is 0 Å². The summed E-state index contributed by atoms with van der Waals surface area (Å²) < 4.78 is 80.7. The molecule has 0 aliphatic rings. The second-order valence-corrected chi connectivity index (χ2v) is 7.77. The van der Waals surface area contributed by atoms with Crippen LogP contribution in [0.1, 0.15) is 0 Å². The van der Waals surface area contributed by atoms with Gasteiger partial charge in [-0.15, -0.1) is 0 Å². The molecule has 0 aliphatic heterocycles.